The normalized spacial score (nSPS) is 25.0. The number of amides is 3. The molecule has 0 saturated carbocycles. The summed E-state index contributed by atoms with van der Waals surface area (Å²) in [4.78, 5) is 54.8. The number of carbonyl (C=O) groups excluding carboxylic acids is 4. The molecule has 282 valence electrons. The highest BCUT2D eigenvalue weighted by molar-refractivity contribution is 6.06. The van der Waals surface area contributed by atoms with Crippen LogP contribution in [-0.4, -0.2) is 75.7 Å². The van der Waals surface area contributed by atoms with Crippen molar-refractivity contribution in [1.82, 2.24) is 15.1 Å². The molecule has 0 bridgehead atoms. The van der Waals surface area contributed by atoms with E-state index < -0.39 is 29.9 Å². The molecule has 3 aromatic carbocycles. The number of carbonyl (C=O) groups is 4. The summed E-state index contributed by atoms with van der Waals surface area (Å²) in [6.07, 6.45) is -0.663. The van der Waals surface area contributed by atoms with E-state index in [-0.39, 0.29) is 62.2 Å². The lowest BCUT2D eigenvalue weighted by molar-refractivity contribution is -0.276. The van der Waals surface area contributed by atoms with Gasteiger partial charge in [-0.1, -0.05) is 85.8 Å². The fourth-order valence-electron chi connectivity index (χ4n) is 7.07. The van der Waals surface area contributed by atoms with Crippen molar-refractivity contribution in [3.63, 3.8) is 0 Å². The molecule has 3 fully saturated rings. The van der Waals surface area contributed by atoms with Crippen LogP contribution >= 0.6 is 0 Å². The number of ether oxygens (including phenoxy) is 4. The minimum absolute atomic E-state index is 0.0437. The molecule has 0 radical (unpaired) electrons. The Balaban J connectivity index is 1.13. The van der Waals surface area contributed by atoms with Gasteiger partial charge in [0.15, 0.2) is 6.29 Å². The molecule has 0 spiro atoms. The van der Waals surface area contributed by atoms with Gasteiger partial charge in [0.05, 0.1) is 31.8 Å². The molecule has 6 atom stereocenters. The molecule has 3 saturated heterocycles. The van der Waals surface area contributed by atoms with Gasteiger partial charge in [-0.05, 0) is 62.4 Å². The summed E-state index contributed by atoms with van der Waals surface area (Å²) < 4.78 is 24.3. The highest BCUT2D eigenvalue weighted by Gasteiger charge is 2.43. The van der Waals surface area contributed by atoms with E-state index in [1.165, 1.54) is 0 Å². The van der Waals surface area contributed by atoms with E-state index in [0.29, 0.717) is 6.54 Å². The first-order valence-corrected chi connectivity index (χ1v) is 18.3. The van der Waals surface area contributed by atoms with E-state index in [4.69, 9.17) is 18.9 Å². The summed E-state index contributed by atoms with van der Waals surface area (Å²) in [5.41, 5.74) is 3.45. The first kappa shape index (κ1) is 38.1. The van der Waals surface area contributed by atoms with E-state index in [2.05, 4.69) is 17.1 Å². The van der Waals surface area contributed by atoms with Crippen molar-refractivity contribution in [2.45, 2.75) is 103 Å². The average molecular weight is 728 g/mol. The first-order valence-electron chi connectivity index (χ1n) is 18.3. The molecular weight excluding hydrogens is 678 g/mol. The predicted molar refractivity (Wildman–Crippen MR) is 194 cm³/mol. The Hall–Kier alpha value is -4.62. The van der Waals surface area contributed by atoms with E-state index in [1.54, 1.807) is 0 Å². The zero-order chi connectivity index (χ0) is 37.7. The Labute approximate surface area is 310 Å². The molecule has 53 heavy (non-hydrogen) atoms. The van der Waals surface area contributed by atoms with E-state index in [0.717, 1.165) is 52.1 Å². The SMILES string of the molecule is CC1C(CN2CCCC2C(=O)OC(C)(C)C)OC(c2ccc(CN3C(=O)CC(NC(=O)OCc4ccccc4)C3=O)cc2)OC1c1ccc(CO)cc1. The van der Waals surface area contributed by atoms with E-state index >= 15 is 0 Å². The van der Waals surface area contributed by atoms with Gasteiger partial charge < -0.3 is 29.4 Å². The maximum atomic E-state index is 13.1. The predicted octanol–water partition coefficient (Wildman–Crippen LogP) is 5.33. The second kappa shape index (κ2) is 16.6. The summed E-state index contributed by atoms with van der Waals surface area (Å²) >= 11 is 0. The Morgan fingerprint density at radius 1 is 0.906 bits per heavy atom. The van der Waals surface area contributed by atoms with Crippen LogP contribution in [0.3, 0.4) is 0 Å². The smallest absolute Gasteiger partial charge is 0.408 e. The number of benzene rings is 3. The average Bonchev–Trinajstić information content (AvgIpc) is 3.71. The number of hydrogen-bond donors (Lipinski definition) is 2. The van der Waals surface area contributed by atoms with Crippen molar-refractivity contribution in [3.05, 3.63) is 107 Å². The highest BCUT2D eigenvalue weighted by Crippen LogP contribution is 2.42. The molecule has 2 N–H and O–H groups in total. The number of aliphatic hydroxyl groups is 1. The van der Waals surface area contributed by atoms with Crippen LogP contribution in [-0.2, 0) is 53.1 Å². The number of aliphatic hydroxyl groups excluding tert-OH is 1. The van der Waals surface area contributed by atoms with Crippen molar-refractivity contribution in [3.8, 4) is 0 Å². The molecule has 12 nitrogen and oxygen atoms in total. The minimum Gasteiger partial charge on any atom is -0.459 e. The standard InChI is InChI=1S/C41H49N3O9/c1-26-34(23-43-20-8-11-33(43)38(48)53-41(2,3)4)51-39(52-36(26)30-16-14-28(24-45)15-17-30)31-18-12-27(13-19-31)22-44-35(46)21-32(37(44)47)42-40(49)50-25-29-9-6-5-7-10-29/h5-7,9-10,12-19,26,32-34,36,39,45H,8,11,20-25H2,1-4H3,(H,42,49). The molecule has 6 rings (SSSR count). The van der Waals surface area contributed by atoms with Gasteiger partial charge in [0.1, 0.15) is 24.3 Å². The van der Waals surface area contributed by atoms with E-state index in [1.807, 2.05) is 99.6 Å². The van der Waals surface area contributed by atoms with Crippen LogP contribution in [0, 0.1) is 5.92 Å². The molecule has 3 aliphatic heterocycles. The van der Waals surface area contributed by atoms with Gasteiger partial charge in [-0.2, -0.15) is 0 Å². The largest absolute Gasteiger partial charge is 0.459 e. The van der Waals surface area contributed by atoms with Gasteiger partial charge in [0.2, 0.25) is 5.91 Å². The number of imide groups is 1. The molecule has 3 aromatic rings. The third-order valence-electron chi connectivity index (χ3n) is 9.92. The zero-order valence-electron chi connectivity index (χ0n) is 30.7. The molecular formula is C41H49N3O9. The third kappa shape index (κ3) is 9.49. The first-order chi connectivity index (χ1) is 25.4. The Morgan fingerprint density at radius 2 is 1.58 bits per heavy atom. The number of likely N-dealkylation sites (tertiary alicyclic amines) is 2. The summed E-state index contributed by atoms with van der Waals surface area (Å²) in [5, 5.41) is 12.1. The molecule has 12 heteroatoms. The fraction of sp³-hybridized carbons (Fsp3) is 0.463. The van der Waals surface area contributed by atoms with Crippen molar-refractivity contribution < 1.29 is 43.2 Å². The second-order valence-corrected chi connectivity index (χ2v) is 15.0. The van der Waals surface area contributed by atoms with Gasteiger partial charge in [-0.15, -0.1) is 0 Å². The van der Waals surface area contributed by atoms with Crippen molar-refractivity contribution in [2.24, 2.45) is 5.92 Å². The molecule has 3 amide bonds. The van der Waals surface area contributed by atoms with Crippen LogP contribution in [0.5, 0.6) is 0 Å². The Morgan fingerprint density at radius 3 is 2.26 bits per heavy atom. The third-order valence-corrected chi connectivity index (χ3v) is 9.92. The maximum Gasteiger partial charge on any atom is 0.408 e. The number of nitrogens with zero attached hydrogens (tertiary/aromatic N) is 2. The lowest BCUT2D eigenvalue weighted by Gasteiger charge is -2.43. The number of alkyl carbamates (subject to hydrolysis) is 1. The molecule has 3 aliphatic rings. The highest BCUT2D eigenvalue weighted by atomic mass is 16.7. The fourth-order valence-corrected chi connectivity index (χ4v) is 7.07. The van der Waals surface area contributed by atoms with Gasteiger partial charge in [-0.3, -0.25) is 24.2 Å². The van der Waals surface area contributed by atoms with Gasteiger partial charge in [0, 0.05) is 18.0 Å². The van der Waals surface area contributed by atoms with Gasteiger partial charge in [0.25, 0.3) is 5.91 Å². The Kier molecular flexibility index (Phi) is 11.9. The van der Waals surface area contributed by atoms with Gasteiger partial charge in [-0.25, -0.2) is 4.79 Å². The van der Waals surface area contributed by atoms with Crippen LogP contribution in [0.2, 0.25) is 0 Å². The van der Waals surface area contributed by atoms with Crippen LogP contribution < -0.4 is 5.32 Å². The van der Waals surface area contributed by atoms with Crippen LogP contribution in [0.25, 0.3) is 0 Å². The number of rotatable bonds is 11. The van der Waals surface area contributed by atoms with Crippen molar-refractivity contribution >= 4 is 23.9 Å². The molecule has 0 aromatic heterocycles. The quantitative estimate of drug-likeness (QED) is 0.197. The lowest BCUT2D eigenvalue weighted by atomic mass is 9.90. The monoisotopic (exact) mass is 727 g/mol. The number of esters is 1. The van der Waals surface area contributed by atoms with Gasteiger partial charge >= 0.3 is 12.1 Å². The number of nitrogens with one attached hydrogen (secondary N) is 1. The molecule has 6 unspecified atom stereocenters. The minimum atomic E-state index is -0.998. The Bertz CT molecular complexity index is 1740. The summed E-state index contributed by atoms with van der Waals surface area (Å²) in [7, 11) is 0. The molecule has 3 heterocycles. The summed E-state index contributed by atoms with van der Waals surface area (Å²) in [6.45, 7) is 9.01. The molecule has 0 aliphatic carbocycles. The van der Waals surface area contributed by atoms with Crippen LogP contribution in [0.4, 0.5) is 4.79 Å². The lowest BCUT2D eigenvalue weighted by Crippen LogP contribution is -2.48. The van der Waals surface area contributed by atoms with Crippen molar-refractivity contribution in [1.29, 1.82) is 0 Å². The van der Waals surface area contributed by atoms with E-state index in [9.17, 15) is 24.3 Å². The van der Waals surface area contributed by atoms with Crippen LogP contribution in [0.1, 0.15) is 87.2 Å². The van der Waals surface area contributed by atoms with Crippen molar-refractivity contribution in [2.75, 3.05) is 13.1 Å². The summed E-state index contributed by atoms with van der Waals surface area (Å²) in [5.74, 6) is -1.18. The topological polar surface area (TPSA) is 144 Å². The summed E-state index contributed by atoms with van der Waals surface area (Å²) in [6, 6.07) is 22.9. The zero-order valence-corrected chi connectivity index (χ0v) is 30.7. The second-order valence-electron chi connectivity index (χ2n) is 15.0. The maximum absolute atomic E-state index is 13.1. The van der Waals surface area contributed by atoms with Crippen LogP contribution in [0.15, 0.2) is 78.9 Å². The number of hydrogen-bond acceptors (Lipinski definition) is 10.